The van der Waals surface area contributed by atoms with Gasteiger partial charge in [-0.05, 0) is 19.1 Å². The predicted molar refractivity (Wildman–Crippen MR) is 65.3 cm³/mol. The average molecular weight is 239 g/mol. The van der Waals surface area contributed by atoms with Crippen molar-refractivity contribution in [1.29, 1.82) is 0 Å². The summed E-state index contributed by atoms with van der Waals surface area (Å²) in [5, 5.41) is 1.18. The van der Waals surface area contributed by atoms with Crippen molar-refractivity contribution in [2.45, 2.75) is 19.7 Å². The third kappa shape index (κ3) is 2.21. The van der Waals surface area contributed by atoms with Crippen molar-refractivity contribution in [3.63, 3.8) is 0 Å². The topological polar surface area (TPSA) is 14.1 Å². The summed E-state index contributed by atoms with van der Waals surface area (Å²) in [4.78, 5) is 4.58. The summed E-state index contributed by atoms with van der Waals surface area (Å²) in [5.74, 6) is 0.582. The van der Waals surface area contributed by atoms with Gasteiger partial charge in [0.25, 0.3) is 5.01 Å². The Kier molecular flexibility index (Phi) is 3.08. The number of aromatic amines is 1. The molecule has 0 atom stereocenters. The summed E-state index contributed by atoms with van der Waals surface area (Å²) < 4.78 is 0. The van der Waals surface area contributed by atoms with Gasteiger partial charge in [-0.1, -0.05) is 29.0 Å². The summed E-state index contributed by atoms with van der Waals surface area (Å²) in [6, 6.07) is 8.52. The van der Waals surface area contributed by atoms with E-state index in [0.717, 1.165) is 0 Å². The lowest BCUT2D eigenvalue weighted by Crippen LogP contribution is -2.04. The molecule has 1 heterocycles. The molecule has 0 saturated carbocycles. The van der Waals surface area contributed by atoms with E-state index in [4.69, 9.17) is 11.6 Å². The molecule has 1 aromatic heterocycles. The number of thiazole rings is 1. The number of alkyl halides is 1. The van der Waals surface area contributed by atoms with Crippen molar-refractivity contribution < 1.29 is 4.98 Å². The van der Waals surface area contributed by atoms with Crippen LogP contribution in [0.1, 0.15) is 16.1 Å². The van der Waals surface area contributed by atoms with Crippen molar-refractivity contribution in [2.75, 3.05) is 0 Å². The van der Waals surface area contributed by atoms with Gasteiger partial charge in [-0.15, -0.1) is 11.6 Å². The van der Waals surface area contributed by atoms with E-state index in [0.29, 0.717) is 5.88 Å². The molecule has 0 spiro atoms. The van der Waals surface area contributed by atoms with E-state index in [-0.39, 0.29) is 0 Å². The molecule has 1 aromatic carbocycles. The van der Waals surface area contributed by atoms with Gasteiger partial charge in [0.2, 0.25) is 0 Å². The maximum Gasteiger partial charge on any atom is 0.267 e. The number of nitrogens with one attached hydrogen (secondary N) is 1. The van der Waals surface area contributed by atoms with Gasteiger partial charge in [0, 0.05) is 6.92 Å². The molecule has 0 unspecified atom stereocenters. The third-order valence-electron chi connectivity index (χ3n) is 2.38. The van der Waals surface area contributed by atoms with E-state index in [1.54, 1.807) is 11.3 Å². The lowest BCUT2D eigenvalue weighted by atomic mass is 10.2. The zero-order valence-electron chi connectivity index (χ0n) is 8.80. The van der Waals surface area contributed by atoms with Crippen LogP contribution in [0.3, 0.4) is 0 Å². The third-order valence-corrected chi connectivity index (χ3v) is 4.04. The summed E-state index contributed by atoms with van der Waals surface area (Å²) >= 11 is 7.58. The highest BCUT2D eigenvalue weighted by Crippen LogP contribution is 2.25. The molecule has 0 bridgehead atoms. The van der Waals surface area contributed by atoms with E-state index < -0.39 is 0 Å². The second-order valence-electron chi connectivity index (χ2n) is 3.60. The van der Waals surface area contributed by atoms with Crippen LogP contribution >= 0.6 is 22.9 Å². The highest BCUT2D eigenvalue weighted by molar-refractivity contribution is 7.14. The molecule has 0 amide bonds. The molecule has 0 saturated heterocycles. The Labute approximate surface area is 98.7 Å². The Hall–Kier alpha value is -0.860. The number of aryl methyl sites for hydroxylation is 2. The molecule has 2 rings (SSSR count). The molecule has 78 valence electrons. The van der Waals surface area contributed by atoms with Crippen molar-refractivity contribution in [3.05, 3.63) is 40.4 Å². The van der Waals surface area contributed by atoms with Crippen LogP contribution in [0.5, 0.6) is 0 Å². The number of benzene rings is 1. The molecule has 0 fully saturated rings. The normalized spacial score (nSPS) is 10.6. The summed E-state index contributed by atoms with van der Waals surface area (Å²) in [7, 11) is 0. The van der Waals surface area contributed by atoms with Crippen LogP contribution in [0, 0.1) is 13.8 Å². The number of H-pyrrole nitrogens is 1. The molecule has 3 heteroatoms. The highest BCUT2D eigenvalue weighted by atomic mass is 35.5. The number of rotatable bonds is 2. The van der Waals surface area contributed by atoms with Gasteiger partial charge >= 0.3 is 0 Å². The quantitative estimate of drug-likeness (QED) is 0.710. The predicted octanol–water partition coefficient (Wildman–Crippen LogP) is 3.58. The minimum atomic E-state index is 0.582. The monoisotopic (exact) mass is 238 g/mol. The van der Waals surface area contributed by atoms with Gasteiger partial charge in [-0.25, -0.2) is 0 Å². The van der Waals surface area contributed by atoms with Crippen LogP contribution in [0.15, 0.2) is 24.3 Å². The first-order valence-corrected chi connectivity index (χ1v) is 6.20. The summed E-state index contributed by atoms with van der Waals surface area (Å²) in [6.07, 6.45) is 0. The Morgan fingerprint density at radius 2 is 1.87 bits per heavy atom. The molecule has 0 aliphatic heterocycles. The van der Waals surface area contributed by atoms with Crippen LogP contribution in [0.4, 0.5) is 0 Å². The fourth-order valence-electron chi connectivity index (χ4n) is 1.43. The van der Waals surface area contributed by atoms with Crippen molar-refractivity contribution in [1.82, 2.24) is 0 Å². The lowest BCUT2D eigenvalue weighted by Gasteiger charge is -1.92. The zero-order valence-corrected chi connectivity index (χ0v) is 10.4. The van der Waals surface area contributed by atoms with Crippen molar-refractivity contribution in [3.8, 4) is 10.6 Å². The van der Waals surface area contributed by atoms with Gasteiger partial charge < -0.3 is 0 Å². The van der Waals surface area contributed by atoms with E-state index in [1.807, 2.05) is 0 Å². The molecule has 15 heavy (non-hydrogen) atoms. The summed E-state index contributed by atoms with van der Waals surface area (Å²) in [5.41, 5.74) is 3.68. The molecule has 1 N–H and O–H groups in total. The minimum Gasteiger partial charge on any atom is -0.199 e. The molecular weight excluding hydrogens is 226 g/mol. The first kappa shape index (κ1) is 10.7. The van der Waals surface area contributed by atoms with Gasteiger partial charge in [-0.3, -0.25) is 0 Å². The van der Waals surface area contributed by atoms with E-state index in [2.05, 4.69) is 43.1 Å². The van der Waals surface area contributed by atoms with Crippen molar-refractivity contribution >= 4 is 22.9 Å². The number of hydrogen-bond donors (Lipinski definition) is 0. The second kappa shape index (κ2) is 4.33. The van der Waals surface area contributed by atoms with Crippen LogP contribution in [0.2, 0.25) is 0 Å². The first-order valence-electron chi connectivity index (χ1n) is 4.85. The van der Waals surface area contributed by atoms with Gasteiger partial charge in [0.1, 0.15) is 0 Å². The Balaban J connectivity index is 2.41. The standard InChI is InChI=1S/C12H12ClNS/c1-8-3-5-10(6-4-8)12-14-9(2)11(7-13)15-12/h3-6H,7H2,1-2H3/p+1. The zero-order chi connectivity index (χ0) is 10.8. The van der Waals surface area contributed by atoms with E-state index in [9.17, 15) is 0 Å². The average Bonchev–Trinajstić information content (AvgIpc) is 2.61. The molecule has 1 nitrogen and oxygen atoms in total. The Morgan fingerprint density at radius 3 is 2.40 bits per heavy atom. The molecule has 0 radical (unpaired) electrons. The maximum atomic E-state index is 5.85. The lowest BCUT2D eigenvalue weighted by molar-refractivity contribution is -0.368. The molecular formula is C12H13ClNS+. The Morgan fingerprint density at radius 1 is 1.20 bits per heavy atom. The van der Waals surface area contributed by atoms with Crippen LogP contribution < -0.4 is 4.98 Å². The van der Waals surface area contributed by atoms with Gasteiger partial charge in [0.15, 0.2) is 5.69 Å². The van der Waals surface area contributed by atoms with Gasteiger partial charge in [-0.2, -0.15) is 4.98 Å². The van der Waals surface area contributed by atoms with Crippen molar-refractivity contribution in [2.24, 2.45) is 0 Å². The van der Waals surface area contributed by atoms with E-state index >= 15 is 0 Å². The molecule has 0 aliphatic carbocycles. The fraction of sp³-hybridized carbons (Fsp3) is 0.250. The number of halogens is 1. The van der Waals surface area contributed by atoms with Crippen LogP contribution in [0.25, 0.3) is 10.6 Å². The van der Waals surface area contributed by atoms with Gasteiger partial charge in [0.05, 0.1) is 16.3 Å². The first-order chi connectivity index (χ1) is 7.20. The van der Waals surface area contributed by atoms with Crippen LogP contribution in [-0.4, -0.2) is 0 Å². The number of hydrogen-bond acceptors (Lipinski definition) is 1. The van der Waals surface area contributed by atoms with E-state index in [1.165, 1.54) is 26.7 Å². The SMILES string of the molecule is Cc1ccc(-c2[nH+]c(C)c(CCl)s2)cc1. The number of aromatic nitrogens is 1. The molecule has 0 aliphatic rings. The smallest absolute Gasteiger partial charge is 0.199 e. The van der Waals surface area contributed by atoms with Crippen LogP contribution in [-0.2, 0) is 5.88 Å². The largest absolute Gasteiger partial charge is 0.267 e. The minimum absolute atomic E-state index is 0.582. The highest BCUT2D eigenvalue weighted by Gasteiger charge is 2.14. The Bertz CT molecular complexity index is 459. The summed E-state index contributed by atoms with van der Waals surface area (Å²) in [6.45, 7) is 4.16. The second-order valence-corrected chi connectivity index (χ2v) is 4.98. The fourth-order valence-corrected chi connectivity index (χ4v) is 2.76. The molecule has 2 aromatic rings. The maximum absolute atomic E-state index is 5.85.